The molecule has 1 atom stereocenters. The molecule has 1 aliphatic heterocycles. The minimum absolute atomic E-state index is 0.0924. The molecule has 1 fully saturated rings. The summed E-state index contributed by atoms with van der Waals surface area (Å²) in [5.41, 5.74) is 2.75. The van der Waals surface area contributed by atoms with E-state index in [-0.39, 0.29) is 11.9 Å². The van der Waals surface area contributed by atoms with E-state index in [0.717, 1.165) is 32.7 Å². The number of rotatable bonds is 6. The first-order chi connectivity index (χ1) is 12.1. The molecule has 0 radical (unpaired) electrons. The van der Waals surface area contributed by atoms with Gasteiger partial charge >= 0.3 is 0 Å². The van der Waals surface area contributed by atoms with Gasteiger partial charge < -0.3 is 5.32 Å². The van der Waals surface area contributed by atoms with Crippen LogP contribution in [-0.4, -0.2) is 48.4 Å². The van der Waals surface area contributed by atoms with E-state index in [0.29, 0.717) is 6.54 Å². The number of carbonyl (C=O) groups is 1. The van der Waals surface area contributed by atoms with Crippen LogP contribution in [0, 0.1) is 6.92 Å². The molecule has 1 aromatic heterocycles. The number of thiophene rings is 1. The molecule has 0 unspecified atom stereocenters. The number of piperazine rings is 1. The molecule has 0 aliphatic carbocycles. The number of hydrogen-bond donors (Lipinski definition) is 1. The van der Waals surface area contributed by atoms with Crippen LogP contribution in [-0.2, 0) is 11.3 Å². The zero-order valence-corrected chi connectivity index (χ0v) is 15.9. The Morgan fingerprint density at radius 2 is 1.84 bits per heavy atom. The maximum Gasteiger partial charge on any atom is 0.234 e. The van der Waals surface area contributed by atoms with Crippen LogP contribution in [0.25, 0.3) is 0 Å². The van der Waals surface area contributed by atoms with Crippen molar-refractivity contribution in [3.05, 3.63) is 57.8 Å². The molecule has 1 aromatic carbocycles. The second-order valence-electron chi connectivity index (χ2n) is 6.78. The molecule has 2 aromatic rings. The van der Waals surface area contributed by atoms with Crippen LogP contribution < -0.4 is 5.32 Å². The molecular formula is C20H27N3OS. The number of aryl methyl sites for hydroxylation is 1. The normalized spacial score (nSPS) is 17.4. The highest BCUT2D eigenvalue weighted by molar-refractivity contribution is 7.10. The Morgan fingerprint density at radius 3 is 2.52 bits per heavy atom. The molecule has 1 amide bonds. The van der Waals surface area contributed by atoms with Gasteiger partial charge in [-0.1, -0.05) is 30.3 Å². The summed E-state index contributed by atoms with van der Waals surface area (Å²) < 4.78 is 0. The van der Waals surface area contributed by atoms with Gasteiger partial charge in [0, 0.05) is 37.6 Å². The SMILES string of the molecule is Cc1ccccc1CN1CCN(CC(=O)N[C@@H](C)c2cccs2)CC1. The van der Waals surface area contributed by atoms with Crippen LogP contribution in [0.5, 0.6) is 0 Å². The molecule has 134 valence electrons. The molecule has 1 aliphatic rings. The summed E-state index contributed by atoms with van der Waals surface area (Å²) in [6.07, 6.45) is 0. The smallest absolute Gasteiger partial charge is 0.234 e. The Bertz CT molecular complexity index is 678. The van der Waals surface area contributed by atoms with Crippen molar-refractivity contribution < 1.29 is 4.79 Å². The predicted octanol–water partition coefficient (Wildman–Crippen LogP) is 3.05. The Morgan fingerprint density at radius 1 is 1.12 bits per heavy atom. The molecule has 1 N–H and O–H groups in total. The number of amides is 1. The number of benzene rings is 1. The van der Waals surface area contributed by atoms with Crippen LogP contribution in [0.15, 0.2) is 41.8 Å². The number of nitrogens with zero attached hydrogens (tertiary/aromatic N) is 2. The first-order valence-corrected chi connectivity index (χ1v) is 9.82. The molecule has 25 heavy (non-hydrogen) atoms. The van der Waals surface area contributed by atoms with Crippen LogP contribution in [0.4, 0.5) is 0 Å². The van der Waals surface area contributed by atoms with E-state index < -0.39 is 0 Å². The highest BCUT2D eigenvalue weighted by Gasteiger charge is 2.20. The fourth-order valence-corrected chi connectivity index (χ4v) is 3.97. The van der Waals surface area contributed by atoms with Gasteiger partial charge in [-0.25, -0.2) is 0 Å². The minimum atomic E-state index is 0.0924. The van der Waals surface area contributed by atoms with E-state index in [1.807, 2.05) is 18.4 Å². The van der Waals surface area contributed by atoms with E-state index in [2.05, 4.69) is 52.4 Å². The van der Waals surface area contributed by atoms with E-state index in [1.54, 1.807) is 11.3 Å². The van der Waals surface area contributed by atoms with Gasteiger partial charge in [0.25, 0.3) is 0 Å². The summed E-state index contributed by atoms with van der Waals surface area (Å²) in [5.74, 6) is 0.119. The fraction of sp³-hybridized carbons (Fsp3) is 0.450. The highest BCUT2D eigenvalue weighted by atomic mass is 32.1. The van der Waals surface area contributed by atoms with E-state index in [9.17, 15) is 4.79 Å². The Kier molecular flexibility index (Phi) is 6.24. The standard InChI is InChI=1S/C20H27N3OS/c1-16-6-3-4-7-18(16)14-22-9-11-23(12-10-22)15-20(24)21-17(2)19-8-5-13-25-19/h3-8,13,17H,9-12,14-15H2,1-2H3,(H,21,24)/t17-/m0/s1. The molecule has 3 rings (SSSR count). The van der Waals surface area contributed by atoms with Crippen molar-refractivity contribution in [1.29, 1.82) is 0 Å². The van der Waals surface area contributed by atoms with Gasteiger partial charge in [0.2, 0.25) is 5.91 Å². The monoisotopic (exact) mass is 357 g/mol. The zero-order chi connectivity index (χ0) is 17.6. The van der Waals surface area contributed by atoms with Crippen molar-refractivity contribution in [2.75, 3.05) is 32.7 Å². The van der Waals surface area contributed by atoms with Crippen molar-refractivity contribution in [1.82, 2.24) is 15.1 Å². The number of carbonyl (C=O) groups excluding carboxylic acids is 1. The lowest BCUT2D eigenvalue weighted by Gasteiger charge is -2.34. The van der Waals surface area contributed by atoms with Crippen molar-refractivity contribution in [3.8, 4) is 0 Å². The Labute approximate surface area is 154 Å². The molecule has 1 saturated heterocycles. The minimum Gasteiger partial charge on any atom is -0.348 e. The molecule has 2 heterocycles. The van der Waals surface area contributed by atoms with Crippen molar-refractivity contribution >= 4 is 17.2 Å². The van der Waals surface area contributed by atoms with E-state index in [4.69, 9.17) is 0 Å². The van der Waals surface area contributed by atoms with Crippen LogP contribution in [0.3, 0.4) is 0 Å². The lowest BCUT2D eigenvalue weighted by Crippen LogP contribution is -2.49. The lowest BCUT2D eigenvalue weighted by atomic mass is 10.1. The van der Waals surface area contributed by atoms with Gasteiger partial charge in [-0.2, -0.15) is 0 Å². The van der Waals surface area contributed by atoms with E-state index in [1.165, 1.54) is 16.0 Å². The van der Waals surface area contributed by atoms with Crippen LogP contribution in [0.2, 0.25) is 0 Å². The summed E-state index contributed by atoms with van der Waals surface area (Å²) in [6, 6.07) is 12.8. The topological polar surface area (TPSA) is 35.6 Å². The summed E-state index contributed by atoms with van der Waals surface area (Å²) in [6.45, 7) is 9.65. The van der Waals surface area contributed by atoms with Gasteiger partial charge in [-0.3, -0.25) is 14.6 Å². The molecule has 4 nitrogen and oxygen atoms in total. The van der Waals surface area contributed by atoms with Gasteiger partial charge in [-0.15, -0.1) is 11.3 Å². The van der Waals surface area contributed by atoms with Gasteiger partial charge in [0.05, 0.1) is 12.6 Å². The average Bonchev–Trinajstić information content (AvgIpc) is 3.13. The fourth-order valence-electron chi connectivity index (χ4n) is 3.23. The van der Waals surface area contributed by atoms with Crippen molar-refractivity contribution in [2.24, 2.45) is 0 Å². The summed E-state index contributed by atoms with van der Waals surface area (Å²) in [7, 11) is 0. The zero-order valence-electron chi connectivity index (χ0n) is 15.1. The molecule has 5 heteroatoms. The first kappa shape index (κ1) is 18.1. The first-order valence-electron chi connectivity index (χ1n) is 8.94. The third kappa shape index (κ3) is 5.14. The van der Waals surface area contributed by atoms with Gasteiger partial charge in [0.1, 0.15) is 0 Å². The predicted molar refractivity (Wildman–Crippen MR) is 104 cm³/mol. The maximum absolute atomic E-state index is 12.3. The summed E-state index contributed by atoms with van der Waals surface area (Å²) in [5, 5.41) is 5.15. The van der Waals surface area contributed by atoms with Gasteiger partial charge in [0.15, 0.2) is 0 Å². The molecular weight excluding hydrogens is 330 g/mol. The van der Waals surface area contributed by atoms with Crippen molar-refractivity contribution in [2.45, 2.75) is 26.4 Å². The second-order valence-corrected chi connectivity index (χ2v) is 7.76. The van der Waals surface area contributed by atoms with Crippen LogP contribution >= 0.6 is 11.3 Å². The van der Waals surface area contributed by atoms with Gasteiger partial charge in [-0.05, 0) is 36.4 Å². The second kappa shape index (κ2) is 8.61. The molecule has 0 spiro atoms. The Hall–Kier alpha value is -1.69. The molecule has 0 bridgehead atoms. The lowest BCUT2D eigenvalue weighted by molar-refractivity contribution is -0.123. The quantitative estimate of drug-likeness (QED) is 0.863. The number of nitrogens with one attached hydrogen (secondary N) is 1. The largest absolute Gasteiger partial charge is 0.348 e. The van der Waals surface area contributed by atoms with Crippen LogP contribution in [0.1, 0.15) is 29.0 Å². The van der Waals surface area contributed by atoms with E-state index >= 15 is 0 Å². The Balaban J connectivity index is 1.41. The average molecular weight is 358 g/mol. The summed E-state index contributed by atoms with van der Waals surface area (Å²) in [4.78, 5) is 18.2. The maximum atomic E-state index is 12.3. The molecule has 0 saturated carbocycles. The third-order valence-electron chi connectivity index (χ3n) is 4.83. The number of hydrogen-bond acceptors (Lipinski definition) is 4. The summed E-state index contributed by atoms with van der Waals surface area (Å²) >= 11 is 1.69. The highest BCUT2D eigenvalue weighted by Crippen LogP contribution is 2.18. The third-order valence-corrected chi connectivity index (χ3v) is 5.89. The van der Waals surface area contributed by atoms with Crippen molar-refractivity contribution in [3.63, 3.8) is 0 Å².